The summed E-state index contributed by atoms with van der Waals surface area (Å²) >= 11 is 0. The molecular formula is C16H29. The Morgan fingerprint density at radius 3 is 2.06 bits per heavy atom. The summed E-state index contributed by atoms with van der Waals surface area (Å²) < 4.78 is 0. The Balaban J connectivity index is 3.13. The summed E-state index contributed by atoms with van der Waals surface area (Å²) in [5.41, 5.74) is 1.25. The average Bonchev–Trinajstić information content (AvgIpc) is 2.31. The fourth-order valence-electron chi connectivity index (χ4n) is 1.74. The van der Waals surface area contributed by atoms with Crippen LogP contribution in [0.5, 0.6) is 0 Å². The summed E-state index contributed by atoms with van der Waals surface area (Å²) in [4.78, 5) is 0. The molecule has 0 aliphatic carbocycles. The van der Waals surface area contributed by atoms with E-state index in [-0.39, 0.29) is 0 Å². The first-order valence-electron chi connectivity index (χ1n) is 6.99. The fourth-order valence-corrected chi connectivity index (χ4v) is 1.74. The predicted molar refractivity (Wildman–Crippen MR) is 74.5 cm³/mol. The zero-order valence-corrected chi connectivity index (χ0v) is 11.5. The van der Waals surface area contributed by atoms with Gasteiger partial charge in [-0.1, -0.05) is 64.0 Å². The zero-order valence-electron chi connectivity index (χ0n) is 11.5. The van der Waals surface area contributed by atoms with Crippen LogP contribution in [0, 0.1) is 6.08 Å². The van der Waals surface area contributed by atoms with Crippen LogP contribution in [0.3, 0.4) is 0 Å². The van der Waals surface area contributed by atoms with Crippen LogP contribution in [0.4, 0.5) is 0 Å². The maximum absolute atomic E-state index is 3.13. The van der Waals surface area contributed by atoms with Gasteiger partial charge in [0.2, 0.25) is 0 Å². The van der Waals surface area contributed by atoms with Crippen LogP contribution in [-0.4, -0.2) is 0 Å². The normalized spacial score (nSPS) is 12.6. The van der Waals surface area contributed by atoms with Crippen LogP contribution < -0.4 is 0 Å². The van der Waals surface area contributed by atoms with Crippen molar-refractivity contribution in [2.75, 3.05) is 0 Å². The molecule has 0 aliphatic heterocycles. The van der Waals surface area contributed by atoms with Gasteiger partial charge in [-0.05, 0) is 38.3 Å². The minimum atomic E-state index is 1.23. The lowest BCUT2D eigenvalue weighted by molar-refractivity contribution is 0.577. The number of rotatable bonds is 10. The molecule has 0 saturated heterocycles. The molecule has 16 heavy (non-hydrogen) atoms. The lowest BCUT2D eigenvalue weighted by Crippen LogP contribution is -1.80. The molecule has 0 amide bonds. The first kappa shape index (κ1) is 15.5. The van der Waals surface area contributed by atoms with E-state index in [2.05, 4.69) is 32.1 Å². The van der Waals surface area contributed by atoms with E-state index < -0.39 is 0 Å². The van der Waals surface area contributed by atoms with Gasteiger partial charge in [0.15, 0.2) is 0 Å². The summed E-state index contributed by atoms with van der Waals surface area (Å²) in [6.07, 6.45) is 20.1. The molecule has 0 N–H and O–H groups in total. The zero-order chi connectivity index (χ0) is 12.1. The molecule has 1 radical (unpaired) electrons. The molecular weight excluding hydrogens is 192 g/mol. The Labute approximate surface area is 103 Å². The van der Waals surface area contributed by atoms with Gasteiger partial charge in [-0.15, -0.1) is 0 Å². The highest BCUT2D eigenvalue weighted by Crippen LogP contribution is 2.10. The SMILES string of the molecule is C/[C]=C(C)\C=C\CCCCCCCCCC. The van der Waals surface area contributed by atoms with E-state index in [1.54, 1.807) is 0 Å². The number of allylic oxidation sites excluding steroid dienone is 4. The van der Waals surface area contributed by atoms with Gasteiger partial charge in [0.05, 0.1) is 0 Å². The average molecular weight is 221 g/mol. The van der Waals surface area contributed by atoms with Crippen molar-refractivity contribution in [3.8, 4) is 0 Å². The third-order valence-electron chi connectivity index (χ3n) is 2.99. The lowest BCUT2D eigenvalue weighted by Gasteiger charge is -1.99. The second kappa shape index (κ2) is 12.5. The van der Waals surface area contributed by atoms with Crippen LogP contribution in [0.15, 0.2) is 17.7 Å². The minimum Gasteiger partial charge on any atom is -0.0843 e. The van der Waals surface area contributed by atoms with Crippen molar-refractivity contribution < 1.29 is 0 Å². The van der Waals surface area contributed by atoms with Crippen molar-refractivity contribution >= 4 is 0 Å². The van der Waals surface area contributed by atoms with Gasteiger partial charge in [0, 0.05) is 0 Å². The Morgan fingerprint density at radius 1 is 0.938 bits per heavy atom. The van der Waals surface area contributed by atoms with Gasteiger partial charge in [-0.2, -0.15) is 0 Å². The van der Waals surface area contributed by atoms with E-state index in [1.807, 2.05) is 6.92 Å². The number of hydrogen-bond donors (Lipinski definition) is 0. The highest BCUT2D eigenvalue weighted by Gasteiger charge is 1.90. The second-order valence-electron chi connectivity index (χ2n) is 4.60. The van der Waals surface area contributed by atoms with Crippen LogP contribution in [0.1, 0.15) is 78.6 Å². The maximum Gasteiger partial charge on any atom is -0.0348 e. The fraction of sp³-hybridized carbons (Fsp3) is 0.750. The van der Waals surface area contributed by atoms with Gasteiger partial charge in [0.1, 0.15) is 0 Å². The molecule has 0 spiro atoms. The molecule has 0 rings (SSSR count). The Bertz CT molecular complexity index is 186. The van der Waals surface area contributed by atoms with E-state index >= 15 is 0 Å². The van der Waals surface area contributed by atoms with Gasteiger partial charge >= 0.3 is 0 Å². The standard InChI is InChI=1S/C16H29/c1-4-6-7-8-9-10-11-12-13-14-15-16(3)5-2/h14-15H,4,6-13H2,1-3H3/b15-14+,16-5?. The van der Waals surface area contributed by atoms with Crippen molar-refractivity contribution in [2.45, 2.75) is 78.6 Å². The number of hydrogen-bond acceptors (Lipinski definition) is 0. The maximum atomic E-state index is 3.13. The first-order valence-corrected chi connectivity index (χ1v) is 6.99. The second-order valence-corrected chi connectivity index (χ2v) is 4.60. The highest BCUT2D eigenvalue weighted by atomic mass is 14.0. The molecule has 0 atom stereocenters. The van der Waals surface area contributed by atoms with Gasteiger partial charge in [-0.25, -0.2) is 0 Å². The Hall–Kier alpha value is -0.520. The molecule has 0 heteroatoms. The largest absolute Gasteiger partial charge is 0.0843 e. The molecule has 0 unspecified atom stereocenters. The summed E-state index contributed by atoms with van der Waals surface area (Å²) in [5, 5.41) is 0. The molecule has 0 bridgehead atoms. The first-order chi connectivity index (χ1) is 7.81. The molecule has 0 fully saturated rings. The quantitative estimate of drug-likeness (QED) is 0.321. The Kier molecular flexibility index (Phi) is 12.1. The van der Waals surface area contributed by atoms with Gasteiger partial charge in [0.25, 0.3) is 0 Å². The van der Waals surface area contributed by atoms with Crippen molar-refractivity contribution in [1.82, 2.24) is 0 Å². The molecule has 0 aliphatic rings. The molecule has 0 aromatic carbocycles. The molecule has 0 heterocycles. The Morgan fingerprint density at radius 2 is 1.50 bits per heavy atom. The molecule has 0 nitrogen and oxygen atoms in total. The van der Waals surface area contributed by atoms with E-state index in [9.17, 15) is 0 Å². The summed E-state index contributed by atoms with van der Waals surface area (Å²) in [6.45, 7) is 6.34. The molecule has 0 aromatic rings. The monoisotopic (exact) mass is 221 g/mol. The van der Waals surface area contributed by atoms with E-state index in [0.717, 1.165) is 0 Å². The molecule has 93 valence electrons. The summed E-state index contributed by atoms with van der Waals surface area (Å²) in [6, 6.07) is 0. The third-order valence-corrected chi connectivity index (χ3v) is 2.99. The van der Waals surface area contributed by atoms with Gasteiger partial charge < -0.3 is 0 Å². The van der Waals surface area contributed by atoms with Crippen molar-refractivity contribution in [2.24, 2.45) is 0 Å². The van der Waals surface area contributed by atoms with E-state index in [4.69, 9.17) is 0 Å². The van der Waals surface area contributed by atoms with Crippen molar-refractivity contribution in [1.29, 1.82) is 0 Å². The van der Waals surface area contributed by atoms with Crippen molar-refractivity contribution in [3.63, 3.8) is 0 Å². The third kappa shape index (κ3) is 11.6. The topological polar surface area (TPSA) is 0 Å². The number of unbranched alkanes of at least 4 members (excludes halogenated alkanes) is 8. The summed E-state index contributed by atoms with van der Waals surface area (Å²) in [5.74, 6) is 0. The van der Waals surface area contributed by atoms with E-state index in [0.29, 0.717) is 0 Å². The van der Waals surface area contributed by atoms with Crippen LogP contribution >= 0.6 is 0 Å². The lowest BCUT2D eigenvalue weighted by atomic mass is 10.1. The molecule has 0 saturated carbocycles. The predicted octanol–water partition coefficient (Wildman–Crippen LogP) is 5.84. The van der Waals surface area contributed by atoms with Crippen molar-refractivity contribution in [3.05, 3.63) is 23.8 Å². The van der Waals surface area contributed by atoms with E-state index in [1.165, 1.54) is 63.4 Å². The van der Waals surface area contributed by atoms with Crippen LogP contribution in [-0.2, 0) is 0 Å². The smallest absolute Gasteiger partial charge is 0.0348 e. The minimum absolute atomic E-state index is 1.23. The van der Waals surface area contributed by atoms with Gasteiger partial charge in [-0.3, -0.25) is 0 Å². The highest BCUT2D eigenvalue weighted by molar-refractivity contribution is 5.11. The summed E-state index contributed by atoms with van der Waals surface area (Å²) in [7, 11) is 0. The molecule has 0 aromatic heterocycles. The van der Waals surface area contributed by atoms with Crippen LogP contribution in [0.25, 0.3) is 0 Å². The van der Waals surface area contributed by atoms with Crippen LogP contribution in [0.2, 0.25) is 0 Å².